The molecule has 3 nitrogen and oxygen atoms in total. The Kier molecular flexibility index (Phi) is 3.31. The Balaban J connectivity index is 2.22. The summed E-state index contributed by atoms with van der Waals surface area (Å²) in [6.45, 7) is 0. The predicted octanol–water partition coefficient (Wildman–Crippen LogP) is 3.08. The van der Waals surface area contributed by atoms with Crippen LogP contribution in [0, 0.1) is 17.1 Å². The summed E-state index contributed by atoms with van der Waals surface area (Å²) in [7, 11) is 0. The first kappa shape index (κ1) is 11.1. The summed E-state index contributed by atoms with van der Waals surface area (Å²) in [5.74, 6) is -0.0445. The van der Waals surface area contributed by atoms with Crippen LogP contribution >= 0.6 is 0 Å². The smallest absolute Gasteiger partial charge is 0.219 e. The van der Waals surface area contributed by atoms with Gasteiger partial charge in [-0.25, -0.2) is 9.37 Å². The quantitative estimate of drug-likeness (QED) is 0.810. The Morgan fingerprint density at radius 2 is 2.00 bits per heavy atom. The molecule has 2 aromatic rings. The average molecular weight is 228 g/mol. The molecule has 17 heavy (non-hydrogen) atoms. The fraction of sp³-hybridized carbons (Fsp3) is 0.0769. The Hall–Kier alpha value is -2.41. The molecule has 0 aliphatic rings. The second-order valence-electron chi connectivity index (χ2n) is 3.33. The topological polar surface area (TPSA) is 45.9 Å². The van der Waals surface area contributed by atoms with Gasteiger partial charge in [0.2, 0.25) is 5.88 Å². The molecule has 0 fully saturated rings. The van der Waals surface area contributed by atoms with Gasteiger partial charge in [-0.15, -0.1) is 0 Å². The van der Waals surface area contributed by atoms with Crippen LogP contribution in [0.25, 0.3) is 0 Å². The molecule has 1 aromatic carbocycles. The number of nitriles is 1. The van der Waals surface area contributed by atoms with E-state index in [2.05, 4.69) is 4.98 Å². The fourth-order valence-corrected chi connectivity index (χ4v) is 1.33. The van der Waals surface area contributed by atoms with Crippen molar-refractivity contribution in [2.24, 2.45) is 0 Å². The number of halogens is 1. The van der Waals surface area contributed by atoms with Gasteiger partial charge in [0.05, 0.1) is 18.2 Å². The maximum atomic E-state index is 13.3. The Bertz CT molecular complexity index is 563. The maximum Gasteiger partial charge on any atom is 0.219 e. The molecule has 0 radical (unpaired) electrons. The van der Waals surface area contributed by atoms with Gasteiger partial charge in [-0.3, -0.25) is 0 Å². The van der Waals surface area contributed by atoms with E-state index >= 15 is 0 Å². The zero-order valence-electron chi connectivity index (χ0n) is 8.93. The second kappa shape index (κ2) is 5.08. The van der Waals surface area contributed by atoms with E-state index in [4.69, 9.17) is 10.00 Å². The van der Waals surface area contributed by atoms with Gasteiger partial charge in [0, 0.05) is 6.07 Å². The second-order valence-corrected chi connectivity index (χ2v) is 3.33. The first-order valence-electron chi connectivity index (χ1n) is 5.05. The molecule has 4 heteroatoms. The normalized spacial score (nSPS) is 9.65. The molecule has 0 N–H and O–H groups in total. The van der Waals surface area contributed by atoms with Gasteiger partial charge in [-0.1, -0.05) is 18.2 Å². The van der Waals surface area contributed by atoms with Crippen molar-refractivity contribution in [3.05, 3.63) is 54.0 Å². The van der Waals surface area contributed by atoms with Crippen LogP contribution in [0.5, 0.6) is 11.6 Å². The highest BCUT2D eigenvalue weighted by atomic mass is 19.1. The number of nitrogens with zero attached hydrogens (tertiary/aromatic N) is 2. The van der Waals surface area contributed by atoms with E-state index in [-0.39, 0.29) is 18.1 Å². The molecule has 0 aliphatic heterocycles. The molecule has 0 unspecified atom stereocenters. The van der Waals surface area contributed by atoms with E-state index in [1.807, 2.05) is 6.07 Å². The van der Waals surface area contributed by atoms with Crippen molar-refractivity contribution < 1.29 is 9.13 Å². The minimum absolute atomic E-state index is 0.120. The van der Waals surface area contributed by atoms with Crippen LogP contribution < -0.4 is 4.74 Å². The van der Waals surface area contributed by atoms with Crippen LogP contribution in [0.15, 0.2) is 42.5 Å². The molecule has 0 amide bonds. The Labute approximate surface area is 98.1 Å². The summed E-state index contributed by atoms with van der Waals surface area (Å²) in [5.41, 5.74) is 0.598. The lowest BCUT2D eigenvalue weighted by Gasteiger charge is -2.05. The van der Waals surface area contributed by atoms with Crippen molar-refractivity contribution >= 4 is 0 Å². The summed E-state index contributed by atoms with van der Waals surface area (Å²) in [6.07, 6.45) is 0.203. The van der Waals surface area contributed by atoms with Gasteiger partial charge < -0.3 is 4.74 Å². The lowest BCUT2D eigenvalue weighted by Crippen LogP contribution is -1.93. The summed E-state index contributed by atoms with van der Waals surface area (Å²) >= 11 is 0. The van der Waals surface area contributed by atoms with E-state index in [1.165, 1.54) is 12.1 Å². The van der Waals surface area contributed by atoms with Crippen LogP contribution in [0.3, 0.4) is 0 Å². The number of hydrogen-bond donors (Lipinski definition) is 0. The zero-order valence-corrected chi connectivity index (χ0v) is 8.93. The first-order chi connectivity index (χ1) is 8.29. The van der Waals surface area contributed by atoms with Gasteiger partial charge in [-0.05, 0) is 18.2 Å². The molecule has 84 valence electrons. The number of aromatic nitrogens is 1. The van der Waals surface area contributed by atoms with Gasteiger partial charge in [-0.2, -0.15) is 5.26 Å². The van der Waals surface area contributed by atoms with Gasteiger partial charge in [0.25, 0.3) is 0 Å². The molecular weight excluding hydrogens is 219 g/mol. The Morgan fingerprint density at radius 1 is 1.18 bits per heavy atom. The lowest BCUT2D eigenvalue weighted by molar-refractivity contribution is 0.426. The molecule has 0 bridgehead atoms. The van der Waals surface area contributed by atoms with Gasteiger partial charge in [0.15, 0.2) is 11.6 Å². The van der Waals surface area contributed by atoms with Crippen molar-refractivity contribution in [3.8, 4) is 17.7 Å². The van der Waals surface area contributed by atoms with Crippen LogP contribution in [-0.4, -0.2) is 4.98 Å². The summed E-state index contributed by atoms with van der Waals surface area (Å²) in [5, 5.41) is 8.55. The third-order valence-corrected chi connectivity index (χ3v) is 2.09. The number of ether oxygens (including phenoxy) is 1. The molecule has 0 aliphatic carbocycles. The number of hydrogen-bond acceptors (Lipinski definition) is 3. The lowest BCUT2D eigenvalue weighted by atomic mass is 10.3. The number of pyridine rings is 1. The van der Waals surface area contributed by atoms with E-state index in [0.717, 1.165) is 0 Å². The van der Waals surface area contributed by atoms with Crippen molar-refractivity contribution in [3.63, 3.8) is 0 Å². The van der Waals surface area contributed by atoms with Crippen LogP contribution in [0.1, 0.15) is 5.69 Å². The number of rotatable bonds is 3. The van der Waals surface area contributed by atoms with Crippen molar-refractivity contribution in [1.29, 1.82) is 5.26 Å². The van der Waals surface area contributed by atoms with E-state index < -0.39 is 5.82 Å². The first-order valence-corrected chi connectivity index (χ1v) is 5.05. The van der Waals surface area contributed by atoms with Crippen LogP contribution in [0.4, 0.5) is 4.39 Å². The van der Waals surface area contributed by atoms with Crippen LogP contribution in [0.2, 0.25) is 0 Å². The van der Waals surface area contributed by atoms with Crippen LogP contribution in [-0.2, 0) is 6.42 Å². The van der Waals surface area contributed by atoms with E-state index in [9.17, 15) is 4.39 Å². The Morgan fingerprint density at radius 3 is 2.76 bits per heavy atom. The summed E-state index contributed by atoms with van der Waals surface area (Å²) < 4.78 is 18.6. The molecule has 1 aromatic heterocycles. The highest BCUT2D eigenvalue weighted by Crippen LogP contribution is 2.22. The van der Waals surface area contributed by atoms with E-state index in [0.29, 0.717) is 5.69 Å². The maximum absolute atomic E-state index is 13.3. The van der Waals surface area contributed by atoms with Gasteiger partial charge in [0.1, 0.15) is 0 Å². The highest BCUT2D eigenvalue weighted by molar-refractivity contribution is 5.29. The molecule has 0 saturated heterocycles. The molecular formula is C13H9FN2O. The summed E-state index contributed by atoms with van der Waals surface area (Å²) in [4.78, 5) is 4.09. The SMILES string of the molecule is N#CCc1cccc(Oc2ccccc2F)n1. The minimum atomic E-state index is -0.444. The molecule has 0 saturated carbocycles. The molecule has 1 heterocycles. The van der Waals surface area contributed by atoms with Gasteiger partial charge >= 0.3 is 0 Å². The number of para-hydroxylation sites is 1. The largest absolute Gasteiger partial charge is 0.436 e. The zero-order chi connectivity index (χ0) is 12.1. The summed E-state index contributed by atoms with van der Waals surface area (Å²) in [6, 6.07) is 13.1. The highest BCUT2D eigenvalue weighted by Gasteiger charge is 2.04. The third-order valence-electron chi connectivity index (χ3n) is 2.09. The predicted molar refractivity (Wildman–Crippen MR) is 60.0 cm³/mol. The monoisotopic (exact) mass is 228 g/mol. The third kappa shape index (κ3) is 2.79. The van der Waals surface area contributed by atoms with Crippen molar-refractivity contribution in [2.45, 2.75) is 6.42 Å². The van der Waals surface area contributed by atoms with Crippen molar-refractivity contribution in [2.75, 3.05) is 0 Å². The average Bonchev–Trinajstić information content (AvgIpc) is 2.33. The fourth-order valence-electron chi connectivity index (χ4n) is 1.33. The number of benzene rings is 1. The molecule has 0 atom stereocenters. The minimum Gasteiger partial charge on any atom is -0.436 e. The van der Waals surface area contributed by atoms with E-state index in [1.54, 1.807) is 30.3 Å². The standard InChI is InChI=1S/C13H9FN2O/c14-11-5-1-2-6-12(11)17-13-7-3-4-10(16-13)8-9-15/h1-7H,8H2. The van der Waals surface area contributed by atoms with Crippen molar-refractivity contribution in [1.82, 2.24) is 4.98 Å². The molecule has 2 rings (SSSR count). The molecule has 0 spiro atoms.